The van der Waals surface area contributed by atoms with Gasteiger partial charge in [-0.05, 0) is 18.2 Å². The highest BCUT2D eigenvalue weighted by molar-refractivity contribution is 9.10. The first kappa shape index (κ1) is 9.48. The summed E-state index contributed by atoms with van der Waals surface area (Å²) < 4.78 is 0.795. The van der Waals surface area contributed by atoms with Crippen molar-refractivity contribution in [3.05, 3.63) is 43.4 Å². The zero-order valence-corrected chi connectivity index (χ0v) is 8.30. The van der Waals surface area contributed by atoms with Crippen molar-refractivity contribution in [1.82, 2.24) is 0 Å². The lowest BCUT2D eigenvalue weighted by atomic mass is 10.2. The summed E-state index contributed by atoms with van der Waals surface area (Å²) in [5.74, 6) is 0. The molecule has 0 fully saturated rings. The molecule has 0 saturated heterocycles. The van der Waals surface area contributed by atoms with Gasteiger partial charge in [-0.3, -0.25) is 10.1 Å². The number of benzene rings is 1. The van der Waals surface area contributed by atoms with E-state index in [9.17, 15) is 10.1 Å². The molecule has 0 aromatic heterocycles. The molecule has 0 radical (unpaired) electrons. The molecule has 0 atom stereocenters. The van der Waals surface area contributed by atoms with E-state index < -0.39 is 4.92 Å². The molecule has 64 valence electrons. The quantitative estimate of drug-likeness (QED) is 0.598. The van der Waals surface area contributed by atoms with Crippen molar-refractivity contribution in [3.63, 3.8) is 0 Å². The van der Waals surface area contributed by atoms with Crippen molar-refractivity contribution in [2.75, 3.05) is 0 Å². The molecule has 0 heterocycles. The third-order valence-electron chi connectivity index (χ3n) is 1.31. The SMILES string of the molecule is O=[N+]([O-])Cc1cc(Br)ccc1Cl. The molecule has 0 spiro atoms. The number of hydrogen-bond acceptors (Lipinski definition) is 2. The minimum atomic E-state index is -0.409. The highest BCUT2D eigenvalue weighted by Gasteiger charge is 2.06. The monoisotopic (exact) mass is 249 g/mol. The van der Waals surface area contributed by atoms with Crippen LogP contribution >= 0.6 is 27.5 Å². The van der Waals surface area contributed by atoms with E-state index in [1.54, 1.807) is 18.2 Å². The van der Waals surface area contributed by atoms with Gasteiger partial charge in [-0.15, -0.1) is 0 Å². The Hall–Kier alpha value is -0.610. The number of hydrogen-bond donors (Lipinski definition) is 0. The second-order valence-corrected chi connectivity index (χ2v) is 3.55. The van der Waals surface area contributed by atoms with Crippen LogP contribution in [-0.4, -0.2) is 4.92 Å². The molecule has 0 saturated carbocycles. The highest BCUT2D eigenvalue weighted by Crippen LogP contribution is 2.21. The first-order valence-electron chi connectivity index (χ1n) is 3.15. The number of rotatable bonds is 2. The van der Waals surface area contributed by atoms with E-state index in [1.807, 2.05) is 0 Å². The molecule has 3 nitrogen and oxygen atoms in total. The highest BCUT2D eigenvalue weighted by atomic mass is 79.9. The number of nitrogens with zero attached hydrogens (tertiary/aromatic N) is 1. The largest absolute Gasteiger partial charge is 0.264 e. The molecular weight excluding hydrogens is 245 g/mol. The molecule has 0 unspecified atom stereocenters. The van der Waals surface area contributed by atoms with Gasteiger partial charge in [0, 0.05) is 15.0 Å². The summed E-state index contributed by atoms with van der Waals surface area (Å²) in [6.07, 6.45) is 0. The third-order valence-corrected chi connectivity index (χ3v) is 2.17. The molecule has 1 aromatic carbocycles. The molecular formula is C7H5BrClNO2. The Labute approximate surface area is 82.6 Å². The molecule has 1 aromatic rings. The van der Waals surface area contributed by atoms with Crippen molar-refractivity contribution in [2.45, 2.75) is 6.54 Å². The van der Waals surface area contributed by atoms with Crippen LogP contribution in [0, 0.1) is 10.1 Å². The number of nitro groups is 1. The Morgan fingerprint density at radius 1 is 1.58 bits per heavy atom. The maximum absolute atomic E-state index is 10.2. The second-order valence-electron chi connectivity index (χ2n) is 2.23. The summed E-state index contributed by atoms with van der Waals surface area (Å²) in [5, 5.41) is 10.6. The Morgan fingerprint density at radius 2 is 2.25 bits per heavy atom. The van der Waals surface area contributed by atoms with Crippen LogP contribution in [0.1, 0.15) is 5.56 Å². The zero-order valence-electron chi connectivity index (χ0n) is 5.96. The van der Waals surface area contributed by atoms with E-state index in [1.165, 1.54) is 0 Å². The molecule has 5 heteroatoms. The summed E-state index contributed by atoms with van der Waals surface area (Å²) in [5.41, 5.74) is 0.524. The van der Waals surface area contributed by atoms with Gasteiger partial charge in [0.2, 0.25) is 6.54 Å². The normalized spacial score (nSPS) is 9.83. The van der Waals surface area contributed by atoms with Crippen molar-refractivity contribution < 1.29 is 4.92 Å². The van der Waals surface area contributed by atoms with E-state index in [2.05, 4.69) is 15.9 Å². The van der Waals surface area contributed by atoms with E-state index in [0.29, 0.717) is 10.6 Å². The fourth-order valence-electron chi connectivity index (χ4n) is 0.804. The standard InChI is InChI=1S/C7H5BrClNO2/c8-6-1-2-7(9)5(3-6)4-10(11)12/h1-3H,4H2. The number of halogens is 2. The van der Waals surface area contributed by atoms with Gasteiger partial charge in [-0.2, -0.15) is 0 Å². The molecule has 0 aliphatic heterocycles. The summed E-state index contributed by atoms with van der Waals surface area (Å²) in [4.78, 5) is 9.75. The summed E-state index contributed by atoms with van der Waals surface area (Å²) >= 11 is 8.92. The Morgan fingerprint density at radius 3 is 2.83 bits per heavy atom. The van der Waals surface area contributed by atoms with Crippen molar-refractivity contribution in [1.29, 1.82) is 0 Å². The minimum Gasteiger partial charge on any atom is -0.264 e. The van der Waals surface area contributed by atoms with Crippen LogP contribution in [0.3, 0.4) is 0 Å². The van der Waals surface area contributed by atoms with E-state index >= 15 is 0 Å². The maximum atomic E-state index is 10.2. The van der Waals surface area contributed by atoms with Crippen LogP contribution in [0.2, 0.25) is 5.02 Å². The molecule has 0 amide bonds. The predicted octanol–water partition coefficient (Wildman–Crippen LogP) is 2.88. The van der Waals surface area contributed by atoms with Crippen molar-refractivity contribution in [3.8, 4) is 0 Å². The average molecular weight is 250 g/mol. The lowest BCUT2D eigenvalue weighted by Crippen LogP contribution is -1.98. The van der Waals surface area contributed by atoms with Crippen molar-refractivity contribution in [2.24, 2.45) is 0 Å². The smallest absolute Gasteiger partial charge is 0.230 e. The predicted molar refractivity (Wildman–Crippen MR) is 49.9 cm³/mol. The van der Waals surface area contributed by atoms with Crippen LogP contribution < -0.4 is 0 Å². The van der Waals surface area contributed by atoms with Gasteiger partial charge in [0.05, 0.1) is 5.02 Å². The fourth-order valence-corrected chi connectivity index (χ4v) is 1.39. The van der Waals surface area contributed by atoms with Gasteiger partial charge in [-0.1, -0.05) is 27.5 Å². The van der Waals surface area contributed by atoms with Gasteiger partial charge >= 0.3 is 0 Å². The third kappa shape index (κ3) is 2.46. The molecule has 1 rings (SSSR count). The van der Waals surface area contributed by atoms with Gasteiger partial charge in [0.25, 0.3) is 0 Å². The second kappa shape index (κ2) is 3.87. The molecule has 0 aliphatic carbocycles. The Bertz CT molecular complexity index is 316. The molecule has 0 N–H and O–H groups in total. The lowest BCUT2D eigenvalue weighted by molar-refractivity contribution is -0.496. The lowest BCUT2D eigenvalue weighted by Gasteiger charge is -1.98. The van der Waals surface area contributed by atoms with E-state index in [-0.39, 0.29) is 6.54 Å². The molecule has 0 bridgehead atoms. The van der Waals surface area contributed by atoms with Crippen LogP contribution in [-0.2, 0) is 6.54 Å². The molecule has 0 aliphatic rings. The van der Waals surface area contributed by atoms with E-state index in [4.69, 9.17) is 11.6 Å². The fraction of sp³-hybridized carbons (Fsp3) is 0.143. The van der Waals surface area contributed by atoms with Crippen molar-refractivity contribution >= 4 is 27.5 Å². The maximum Gasteiger partial charge on any atom is 0.230 e. The Kier molecular flexibility index (Phi) is 3.05. The van der Waals surface area contributed by atoms with Gasteiger partial charge in [-0.25, -0.2) is 0 Å². The Balaban J connectivity index is 2.97. The summed E-state index contributed by atoms with van der Waals surface area (Å²) in [6, 6.07) is 5.02. The summed E-state index contributed by atoms with van der Waals surface area (Å²) in [6.45, 7) is -0.238. The van der Waals surface area contributed by atoms with Gasteiger partial charge < -0.3 is 0 Å². The minimum absolute atomic E-state index is 0.238. The van der Waals surface area contributed by atoms with Crippen LogP contribution in [0.25, 0.3) is 0 Å². The summed E-state index contributed by atoms with van der Waals surface area (Å²) in [7, 11) is 0. The van der Waals surface area contributed by atoms with Gasteiger partial charge in [0.1, 0.15) is 0 Å². The van der Waals surface area contributed by atoms with E-state index in [0.717, 1.165) is 4.47 Å². The average Bonchev–Trinajstić information content (AvgIpc) is 1.96. The first-order valence-corrected chi connectivity index (χ1v) is 4.32. The van der Waals surface area contributed by atoms with Crippen LogP contribution in [0.15, 0.2) is 22.7 Å². The van der Waals surface area contributed by atoms with Gasteiger partial charge in [0.15, 0.2) is 0 Å². The molecule has 12 heavy (non-hydrogen) atoms. The topological polar surface area (TPSA) is 43.1 Å². The van der Waals surface area contributed by atoms with Crippen LogP contribution in [0.4, 0.5) is 0 Å². The zero-order chi connectivity index (χ0) is 9.14. The van der Waals surface area contributed by atoms with Crippen LogP contribution in [0.5, 0.6) is 0 Å². The first-order chi connectivity index (χ1) is 5.59.